The maximum Gasteiger partial charge on any atom is 0.168 e. The van der Waals surface area contributed by atoms with Crippen molar-refractivity contribution >= 4 is 22.4 Å². The minimum Gasteiger partial charge on any atom is -0.397 e. The van der Waals surface area contributed by atoms with E-state index in [1.54, 1.807) is 24.7 Å². The summed E-state index contributed by atoms with van der Waals surface area (Å²) >= 11 is 0. The molecule has 5 nitrogen and oxygen atoms in total. The summed E-state index contributed by atoms with van der Waals surface area (Å²) in [4.78, 5) is 17.2. The Hall–Kier alpha value is -2.73. The van der Waals surface area contributed by atoms with E-state index in [-0.39, 0.29) is 17.5 Å². The number of rotatable bonds is 3. The molecule has 4 rings (SSSR count). The van der Waals surface area contributed by atoms with Gasteiger partial charge < -0.3 is 15.6 Å². The van der Waals surface area contributed by atoms with Gasteiger partial charge >= 0.3 is 0 Å². The molecule has 1 saturated heterocycles. The van der Waals surface area contributed by atoms with Crippen LogP contribution in [0.5, 0.6) is 0 Å². The van der Waals surface area contributed by atoms with Crippen LogP contribution in [0.2, 0.25) is 0 Å². The molecule has 6 heteroatoms. The van der Waals surface area contributed by atoms with E-state index in [2.05, 4.69) is 10.3 Å². The number of nitrogens with one attached hydrogen (secondary N) is 1. The Kier molecular flexibility index (Phi) is 3.97. The van der Waals surface area contributed by atoms with Crippen molar-refractivity contribution in [2.75, 3.05) is 18.8 Å². The first-order valence-electron chi connectivity index (χ1n) is 8.40. The van der Waals surface area contributed by atoms with E-state index < -0.39 is 0 Å². The molecule has 1 fully saturated rings. The third-order valence-electron chi connectivity index (χ3n) is 4.83. The van der Waals surface area contributed by atoms with E-state index in [1.165, 1.54) is 12.1 Å². The number of aromatic nitrogens is 2. The minimum atomic E-state index is -0.387. The van der Waals surface area contributed by atoms with Gasteiger partial charge in [-0.25, -0.2) is 4.39 Å². The monoisotopic (exact) mass is 338 g/mol. The fourth-order valence-electron chi connectivity index (χ4n) is 3.52. The molecule has 1 aliphatic rings. The number of fused-ring (bicyclic) bond motifs is 1. The van der Waals surface area contributed by atoms with Gasteiger partial charge in [-0.05, 0) is 50.2 Å². The number of halogens is 1. The fraction of sp³-hybridized carbons (Fsp3) is 0.263. The molecular weight excluding hydrogens is 319 g/mol. The first kappa shape index (κ1) is 15.8. The van der Waals surface area contributed by atoms with Gasteiger partial charge in [0.15, 0.2) is 5.78 Å². The Bertz CT molecular complexity index is 944. The molecule has 0 amide bonds. The summed E-state index contributed by atoms with van der Waals surface area (Å²) < 4.78 is 15.2. The average Bonchev–Trinajstić information content (AvgIpc) is 3.01. The van der Waals surface area contributed by atoms with Crippen molar-refractivity contribution in [2.45, 2.75) is 12.8 Å². The normalized spacial score (nSPS) is 15.6. The summed E-state index contributed by atoms with van der Waals surface area (Å²) in [5.41, 5.74) is 8.43. The number of anilines is 1. The maximum atomic E-state index is 13.4. The van der Waals surface area contributed by atoms with Gasteiger partial charge in [0.25, 0.3) is 0 Å². The fourth-order valence-corrected chi connectivity index (χ4v) is 3.52. The number of nitrogens with two attached hydrogens (primary N) is 1. The second-order valence-corrected chi connectivity index (χ2v) is 6.40. The lowest BCUT2D eigenvalue weighted by atomic mass is 9.90. The van der Waals surface area contributed by atoms with Gasteiger partial charge in [-0.1, -0.05) is 0 Å². The van der Waals surface area contributed by atoms with Crippen LogP contribution in [0.1, 0.15) is 23.2 Å². The number of carbonyl (C=O) groups excluding carboxylic acids is 1. The first-order chi connectivity index (χ1) is 12.1. The number of nitrogens with zero attached hydrogens (tertiary/aromatic N) is 2. The molecule has 0 atom stereocenters. The number of hydrogen-bond acceptors (Lipinski definition) is 4. The summed E-state index contributed by atoms with van der Waals surface area (Å²) in [6, 6.07) is 6.11. The molecule has 2 aromatic heterocycles. The summed E-state index contributed by atoms with van der Waals surface area (Å²) in [5, 5.41) is 4.13. The Morgan fingerprint density at radius 1 is 1.28 bits per heavy atom. The molecule has 0 unspecified atom stereocenters. The standard InChI is InChI=1S/C19H19FN4O/c20-13-1-2-17(16(21)9-13)24-11-15(14-5-8-23-10-18(14)24)19(25)12-3-6-22-7-4-12/h1-2,5,8-12,22H,3-4,6-7,21H2. The molecule has 0 bridgehead atoms. The number of benzene rings is 1. The van der Waals surface area contributed by atoms with E-state index in [0.29, 0.717) is 16.9 Å². The molecule has 3 heterocycles. The third-order valence-corrected chi connectivity index (χ3v) is 4.83. The third kappa shape index (κ3) is 2.78. The molecule has 128 valence electrons. The highest BCUT2D eigenvalue weighted by Gasteiger charge is 2.25. The molecule has 3 aromatic rings. The Morgan fingerprint density at radius 3 is 2.84 bits per heavy atom. The smallest absolute Gasteiger partial charge is 0.168 e. The number of ketones is 1. The zero-order valence-electron chi connectivity index (χ0n) is 13.7. The van der Waals surface area contributed by atoms with Crippen LogP contribution in [0.4, 0.5) is 10.1 Å². The summed E-state index contributed by atoms with van der Waals surface area (Å²) in [6.07, 6.45) is 6.88. The van der Waals surface area contributed by atoms with E-state index in [9.17, 15) is 9.18 Å². The van der Waals surface area contributed by atoms with Crippen molar-refractivity contribution in [3.8, 4) is 5.69 Å². The van der Waals surface area contributed by atoms with Crippen LogP contribution < -0.4 is 11.1 Å². The second kappa shape index (κ2) is 6.29. The molecule has 0 spiro atoms. The average molecular weight is 338 g/mol. The molecule has 1 aromatic carbocycles. The van der Waals surface area contributed by atoms with Crippen molar-refractivity contribution in [3.05, 3.63) is 54.2 Å². The van der Waals surface area contributed by atoms with Crippen LogP contribution >= 0.6 is 0 Å². The molecule has 25 heavy (non-hydrogen) atoms. The van der Waals surface area contributed by atoms with Crippen molar-refractivity contribution in [2.24, 2.45) is 5.92 Å². The number of piperidine rings is 1. The highest BCUT2D eigenvalue weighted by Crippen LogP contribution is 2.30. The van der Waals surface area contributed by atoms with E-state index in [1.807, 2.05) is 10.6 Å². The lowest BCUT2D eigenvalue weighted by molar-refractivity contribution is 0.0896. The minimum absolute atomic E-state index is 0.0269. The Balaban J connectivity index is 1.85. The van der Waals surface area contributed by atoms with E-state index in [0.717, 1.165) is 36.8 Å². The lowest BCUT2D eigenvalue weighted by Gasteiger charge is -2.21. The molecule has 1 aliphatic heterocycles. The highest BCUT2D eigenvalue weighted by atomic mass is 19.1. The van der Waals surface area contributed by atoms with Crippen molar-refractivity contribution < 1.29 is 9.18 Å². The molecule has 0 radical (unpaired) electrons. The van der Waals surface area contributed by atoms with Gasteiger partial charge in [-0.15, -0.1) is 0 Å². The Labute approximate surface area is 144 Å². The van der Waals surface area contributed by atoms with E-state index in [4.69, 9.17) is 5.73 Å². The Morgan fingerprint density at radius 2 is 2.08 bits per heavy atom. The number of Topliss-reactive ketones (excluding diaryl/α,β-unsaturated/α-hetero) is 1. The van der Waals surface area contributed by atoms with Crippen LogP contribution in [-0.4, -0.2) is 28.4 Å². The van der Waals surface area contributed by atoms with Crippen molar-refractivity contribution in [3.63, 3.8) is 0 Å². The quantitative estimate of drug-likeness (QED) is 0.569. The highest BCUT2D eigenvalue weighted by molar-refractivity contribution is 6.09. The van der Waals surface area contributed by atoms with Crippen LogP contribution in [0.3, 0.4) is 0 Å². The van der Waals surface area contributed by atoms with Gasteiger partial charge in [-0.2, -0.15) is 0 Å². The lowest BCUT2D eigenvalue weighted by Crippen LogP contribution is -2.31. The van der Waals surface area contributed by atoms with Gasteiger partial charge in [-0.3, -0.25) is 9.78 Å². The summed E-state index contributed by atoms with van der Waals surface area (Å²) in [5.74, 6) is -0.210. The summed E-state index contributed by atoms with van der Waals surface area (Å²) in [7, 11) is 0. The van der Waals surface area contributed by atoms with Crippen LogP contribution in [0.25, 0.3) is 16.6 Å². The van der Waals surface area contributed by atoms with Gasteiger partial charge in [0.2, 0.25) is 0 Å². The number of nitrogen functional groups attached to an aromatic ring is 1. The van der Waals surface area contributed by atoms with Crippen LogP contribution in [0.15, 0.2) is 42.9 Å². The topological polar surface area (TPSA) is 72.9 Å². The molecule has 0 aliphatic carbocycles. The summed E-state index contributed by atoms with van der Waals surface area (Å²) in [6.45, 7) is 1.73. The van der Waals surface area contributed by atoms with Gasteiger partial charge in [0, 0.05) is 29.3 Å². The van der Waals surface area contributed by atoms with Gasteiger partial charge in [0.1, 0.15) is 5.82 Å². The van der Waals surface area contributed by atoms with Gasteiger partial charge in [0.05, 0.1) is 23.1 Å². The number of carbonyl (C=O) groups is 1. The van der Waals surface area contributed by atoms with E-state index >= 15 is 0 Å². The van der Waals surface area contributed by atoms with Crippen molar-refractivity contribution in [1.29, 1.82) is 0 Å². The maximum absolute atomic E-state index is 13.4. The van der Waals surface area contributed by atoms with Crippen LogP contribution in [-0.2, 0) is 0 Å². The van der Waals surface area contributed by atoms with Crippen LogP contribution in [0, 0.1) is 11.7 Å². The zero-order chi connectivity index (χ0) is 17.4. The predicted molar refractivity (Wildman–Crippen MR) is 95.4 cm³/mol. The SMILES string of the molecule is Nc1cc(F)ccc1-n1cc(C(=O)C2CCNCC2)c2ccncc21. The number of pyridine rings is 1. The second-order valence-electron chi connectivity index (χ2n) is 6.40. The number of hydrogen-bond donors (Lipinski definition) is 2. The molecule has 0 saturated carbocycles. The molecular formula is C19H19FN4O. The molecule has 3 N–H and O–H groups in total. The van der Waals surface area contributed by atoms with Crippen molar-refractivity contribution in [1.82, 2.24) is 14.9 Å². The predicted octanol–water partition coefficient (Wildman–Crippen LogP) is 2.93. The zero-order valence-corrected chi connectivity index (χ0v) is 13.7. The largest absolute Gasteiger partial charge is 0.397 e. The first-order valence-corrected chi connectivity index (χ1v) is 8.40.